The van der Waals surface area contributed by atoms with E-state index in [9.17, 15) is 20.4 Å². The monoisotopic (exact) mass is 592 g/mol. The number of phenolic OH excluding ortho intramolecular Hbond substituents is 6. The largest absolute Gasteiger partial charge is 1.00 e. The van der Waals surface area contributed by atoms with Gasteiger partial charge in [0, 0.05) is 28.9 Å². The second-order valence-electron chi connectivity index (χ2n) is 7.35. The van der Waals surface area contributed by atoms with Crippen LogP contribution in [0.3, 0.4) is 0 Å². The van der Waals surface area contributed by atoms with Gasteiger partial charge in [-0.2, -0.15) is 5.26 Å². The predicted octanol–water partition coefficient (Wildman–Crippen LogP) is 3.86. The average Bonchev–Trinajstić information content (AvgIpc) is 2.89. The second-order valence-corrected chi connectivity index (χ2v) is 7.35. The van der Waals surface area contributed by atoms with Gasteiger partial charge in [-0.3, -0.25) is 0 Å². The first-order valence-electron chi connectivity index (χ1n) is 10.5. The first kappa shape index (κ1) is 33.4. The summed E-state index contributed by atoms with van der Waals surface area (Å²) in [5.41, 5.74) is 1.27. The molecule has 0 spiro atoms. The van der Waals surface area contributed by atoms with Crippen LogP contribution < -0.4 is 29.6 Å². The molecule has 0 fully saturated rings. The summed E-state index contributed by atoms with van der Waals surface area (Å²) in [6.45, 7) is 6.80. The summed E-state index contributed by atoms with van der Waals surface area (Å²) in [5.74, 6) is -0.965. The Hall–Kier alpha value is -4.63. The van der Waals surface area contributed by atoms with Crippen LogP contribution in [0.15, 0.2) is 93.3 Å². The van der Waals surface area contributed by atoms with Gasteiger partial charge in [-0.25, -0.2) is 4.85 Å². The molecule has 197 valence electrons. The molecule has 0 atom stereocenters. The minimum absolute atomic E-state index is 0. The molecule has 0 aromatic heterocycles. The number of rotatable bonds is 4. The van der Waals surface area contributed by atoms with Gasteiger partial charge < -0.3 is 30.6 Å². The molecule has 0 aliphatic rings. The molecule has 40 heavy (non-hydrogen) atoms. The third-order valence-electron chi connectivity index (χ3n) is 4.64. The quantitative estimate of drug-likeness (QED) is 0.117. The topological polar surface area (TPSA) is 199 Å². The van der Waals surface area contributed by atoms with Crippen molar-refractivity contribution in [3.05, 3.63) is 89.8 Å². The fraction of sp³-hybridized carbons (Fsp3) is 0. The molecule has 0 bridgehead atoms. The summed E-state index contributed by atoms with van der Waals surface area (Å²) in [6.07, 6.45) is 0. The van der Waals surface area contributed by atoms with Gasteiger partial charge in [-0.15, -0.1) is 20.5 Å². The number of hydrogen-bond acceptors (Lipinski definition) is 11. The zero-order valence-electron chi connectivity index (χ0n) is 20.6. The van der Waals surface area contributed by atoms with E-state index < -0.39 is 0 Å². The average molecular weight is 592 g/mol. The number of azo groups is 2. The summed E-state index contributed by atoms with van der Waals surface area (Å²) in [5, 5.41) is 80.2. The van der Waals surface area contributed by atoms with E-state index in [0.29, 0.717) is 11.3 Å². The molecule has 0 aliphatic carbocycles. The van der Waals surface area contributed by atoms with Gasteiger partial charge in [0.25, 0.3) is 0 Å². The minimum atomic E-state index is -0.225. The van der Waals surface area contributed by atoms with Crippen LogP contribution in [0.2, 0.25) is 0 Å². The molecule has 4 aromatic rings. The number of benzene rings is 4. The maximum Gasteiger partial charge on any atom is 1.00 e. The summed E-state index contributed by atoms with van der Waals surface area (Å²) >= 11 is 0. The summed E-state index contributed by atoms with van der Waals surface area (Å²) in [4.78, 5) is 3.16. The standard InChI is InChI=1S/2C13H9N3O3.Co.Na/c1-14-8-2-4-10(12(18)6-8)15-16-11-5-3-9(17)7-13(11)19;14-7-8-1-3-10(12(18)5-8)15-16-11-4-2-9(17)6-13(11)19;;/h2-7,17-19H;1-6,17-19H;;/q;;;+1. The van der Waals surface area contributed by atoms with Crippen LogP contribution in [0, 0.1) is 17.9 Å². The van der Waals surface area contributed by atoms with Crippen molar-refractivity contribution in [2.45, 2.75) is 0 Å². The van der Waals surface area contributed by atoms with Gasteiger partial charge in [0.05, 0.1) is 18.2 Å². The van der Waals surface area contributed by atoms with Crippen LogP contribution in [0.25, 0.3) is 4.85 Å². The summed E-state index contributed by atoms with van der Waals surface area (Å²) < 4.78 is 0. The van der Waals surface area contributed by atoms with E-state index in [0.717, 1.165) is 12.1 Å². The molecular weight excluding hydrogens is 574 g/mol. The Morgan fingerprint density at radius 1 is 0.575 bits per heavy atom. The van der Waals surface area contributed by atoms with Crippen LogP contribution in [0.4, 0.5) is 28.4 Å². The Labute approximate surface area is 260 Å². The summed E-state index contributed by atoms with van der Waals surface area (Å²) in [6, 6.07) is 18.1. The second kappa shape index (κ2) is 15.7. The van der Waals surface area contributed by atoms with Gasteiger partial charge in [0.1, 0.15) is 57.2 Å². The molecule has 0 heterocycles. The molecule has 14 heteroatoms. The number of hydrogen-bond donors (Lipinski definition) is 6. The van der Waals surface area contributed by atoms with Crippen LogP contribution in [0.5, 0.6) is 34.5 Å². The fourth-order valence-corrected chi connectivity index (χ4v) is 2.75. The smallest absolute Gasteiger partial charge is 0.508 e. The Balaban J connectivity index is 0.000000381. The zero-order chi connectivity index (χ0) is 27.7. The van der Waals surface area contributed by atoms with Crippen LogP contribution >= 0.6 is 0 Å². The van der Waals surface area contributed by atoms with Gasteiger partial charge >= 0.3 is 29.6 Å². The zero-order valence-corrected chi connectivity index (χ0v) is 23.7. The van der Waals surface area contributed by atoms with Gasteiger partial charge in [-0.1, -0.05) is 6.07 Å². The number of aromatic hydroxyl groups is 6. The number of phenols is 6. The Morgan fingerprint density at radius 3 is 1.30 bits per heavy atom. The first-order chi connectivity index (χ1) is 18.2. The van der Waals surface area contributed by atoms with Crippen molar-refractivity contribution in [2.75, 3.05) is 0 Å². The Bertz CT molecular complexity index is 1510. The molecule has 0 unspecified atom stereocenters. The van der Waals surface area contributed by atoms with Crippen LogP contribution in [-0.4, -0.2) is 30.6 Å². The molecular formula is C26H18CoN6NaO6+. The van der Waals surface area contributed by atoms with Crippen molar-refractivity contribution in [1.29, 1.82) is 5.26 Å². The number of nitrogens with zero attached hydrogens (tertiary/aromatic N) is 6. The van der Waals surface area contributed by atoms with Crippen molar-refractivity contribution in [1.82, 2.24) is 0 Å². The van der Waals surface area contributed by atoms with Crippen LogP contribution in [0.1, 0.15) is 5.56 Å². The molecule has 0 saturated carbocycles. The third kappa shape index (κ3) is 9.28. The van der Waals surface area contributed by atoms with Crippen LogP contribution in [-0.2, 0) is 16.8 Å². The van der Waals surface area contributed by atoms with E-state index in [4.69, 9.17) is 22.0 Å². The van der Waals surface area contributed by atoms with E-state index in [1.165, 1.54) is 60.7 Å². The molecule has 0 saturated heterocycles. The molecule has 4 aromatic carbocycles. The molecule has 0 amide bonds. The molecule has 0 aliphatic heterocycles. The number of nitriles is 1. The third-order valence-corrected chi connectivity index (χ3v) is 4.64. The van der Waals surface area contributed by atoms with E-state index in [-0.39, 0.29) is 104 Å². The van der Waals surface area contributed by atoms with Gasteiger partial charge in [0.15, 0.2) is 5.69 Å². The SMILES string of the molecule is N#Cc1ccc(N=Nc2ccc(O)cc2O)c(O)c1.[C-]#[N+]c1ccc(N=Nc2ccc(O)cc2O)c(O)c1.[Co].[Na+]. The molecule has 6 N–H and O–H groups in total. The minimum Gasteiger partial charge on any atom is -0.508 e. The van der Waals surface area contributed by atoms with E-state index >= 15 is 0 Å². The fourth-order valence-electron chi connectivity index (χ4n) is 2.75. The predicted molar refractivity (Wildman–Crippen MR) is 135 cm³/mol. The van der Waals surface area contributed by atoms with E-state index in [1.54, 1.807) is 0 Å². The molecule has 12 nitrogen and oxygen atoms in total. The summed E-state index contributed by atoms with van der Waals surface area (Å²) in [7, 11) is 0. The Morgan fingerprint density at radius 2 is 0.950 bits per heavy atom. The molecule has 4 rings (SSSR count). The van der Waals surface area contributed by atoms with E-state index in [2.05, 4.69) is 25.3 Å². The van der Waals surface area contributed by atoms with E-state index in [1.807, 2.05) is 6.07 Å². The van der Waals surface area contributed by atoms with Crippen molar-refractivity contribution >= 4 is 28.4 Å². The van der Waals surface area contributed by atoms with Crippen molar-refractivity contribution in [2.24, 2.45) is 20.5 Å². The van der Waals surface area contributed by atoms with Crippen molar-refractivity contribution < 1.29 is 77.0 Å². The maximum atomic E-state index is 9.61. The van der Waals surface area contributed by atoms with Crippen molar-refractivity contribution in [3.8, 4) is 40.6 Å². The Kier molecular flexibility index (Phi) is 13.1. The van der Waals surface area contributed by atoms with Gasteiger partial charge in [0.2, 0.25) is 0 Å². The first-order valence-corrected chi connectivity index (χ1v) is 10.5. The normalized spacial score (nSPS) is 9.95. The molecule has 1 radical (unpaired) electrons. The maximum absolute atomic E-state index is 9.61. The van der Waals surface area contributed by atoms with Crippen molar-refractivity contribution in [3.63, 3.8) is 0 Å². The van der Waals surface area contributed by atoms with Gasteiger partial charge in [-0.05, 0) is 54.6 Å².